The molecule has 0 bridgehead atoms. The van der Waals surface area contributed by atoms with Crippen LogP contribution in [-0.4, -0.2) is 24.1 Å². The molecule has 2 heterocycles. The minimum absolute atomic E-state index is 0.453. The van der Waals surface area contributed by atoms with Gasteiger partial charge in [0, 0.05) is 6.20 Å². The number of nitrogens with zero attached hydrogens (tertiary/aromatic N) is 2. The van der Waals surface area contributed by atoms with Crippen molar-refractivity contribution in [3.8, 4) is 0 Å². The van der Waals surface area contributed by atoms with Gasteiger partial charge in [-0.3, -0.25) is 4.98 Å². The van der Waals surface area contributed by atoms with E-state index in [2.05, 4.69) is 16.3 Å². The Labute approximate surface area is 69.8 Å². The highest BCUT2D eigenvalue weighted by atomic mass is 16.7. The molecule has 1 aliphatic rings. The topological polar surface area (TPSA) is 43.7 Å². The monoisotopic (exact) mass is 163 g/mol. The Bertz CT molecular complexity index is 284. The molecule has 1 aromatic rings. The van der Waals surface area contributed by atoms with E-state index in [1.807, 2.05) is 6.07 Å². The molecule has 0 spiro atoms. The number of pyridine rings is 1. The van der Waals surface area contributed by atoms with Crippen molar-refractivity contribution in [2.24, 2.45) is 5.16 Å². The lowest BCUT2D eigenvalue weighted by molar-refractivity contribution is 0.0655. The van der Waals surface area contributed by atoms with Crippen LogP contribution in [0.5, 0.6) is 0 Å². The van der Waals surface area contributed by atoms with Crippen LogP contribution in [0.25, 0.3) is 0 Å². The molecule has 0 saturated carbocycles. The van der Waals surface area contributed by atoms with Crippen LogP contribution < -0.4 is 0 Å². The number of aromatic nitrogens is 1. The van der Waals surface area contributed by atoms with Gasteiger partial charge in [-0.2, -0.15) is 0 Å². The van der Waals surface area contributed by atoms with Crippen molar-refractivity contribution in [2.45, 2.75) is 0 Å². The lowest BCUT2D eigenvalue weighted by atomic mass is 10.3. The molecule has 0 aromatic carbocycles. The first-order valence-electron chi connectivity index (χ1n) is 3.62. The first-order chi connectivity index (χ1) is 5.97. The molecule has 1 radical (unpaired) electrons. The van der Waals surface area contributed by atoms with E-state index in [1.54, 1.807) is 12.3 Å². The van der Waals surface area contributed by atoms with Gasteiger partial charge < -0.3 is 9.57 Å². The van der Waals surface area contributed by atoms with Crippen molar-refractivity contribution in [3.63, 3.8) is 0 Å². The summed E-state index contributed by atoms with van der Waals surface area (Å²) in [6.07, 6.45) is 4.40. The molecule has 0 N–H and O–H groups in total. The highest BCUT2D eigenvalue weighted by Crippen LogP contribution is 2.03. The minimum atomic E-state index is 0.453. The molecule has 12 heavy (non-hydrogen) atoms. The average Bonchev–Trinajstić information content (AvgIpc) is 2.21. The summed E-state index contributed by atoms with van der Waals surface area (Å²) in [6.45, 7) is 1.03. The molecule has 0 aliphatic carbocycles. The molecule has 1 aliphatic heterocycles. The van der Waals surface area contributed by atoms with E-state index in [1.165, 1.54) is 0 Å². The number of oxime groups is 1. The van der Waals surface area contributed by atoms with Gasteiger partial charge in [0.25, 0.3) is 5.90 Å². The van der Waals surface area contributed by atoms with Gasteiger partial charge in [0.15, 0.2) is 6.61 Å². The summed E-state index contributed by atoms with van der Waals surface area (Å²) in [5, 5.41) is 3.72. The fraction of sp³-hybridized carbons (Fsp3) is 0.250. The second kappa shape index (κ2) is 3.21. The number of ether oxygens (including phenoxy) is 1. The van der Waals surface area contributed by atoms with E-state index in [-0.39, 0.29) is 0 Å². The summed E-state index contributed by atoms with van der Waals surface area (Å²) in [5.74, 6) is 0.453. The summed E-state index contributed by atoms with van der Waals surface area (Å²) in [7, 11) is 0. The standard InChI is InChI=1S/C8H7N2O2/c1-2-7(6-9-3-1)8-10-12-5-4-11-8/h1-3H,4-5H2. The molecule has 0 unspecified atom stereocenters. The fourth-order valence-corrected chi connectivity index (χ4v) is 0.879. The number of hydrogen-bond acceptors (Lipinski definition) is 4. The lowest BCUT2D eigenvalue weighted by Gasteiger charge is -2.12. The summed E-state index contributed by atoms with van der Waals surface area (Å²) in [6, 6.07) is 3.62. The van der Waals surface area contributed by atoms with E-state index < -0.39 is 0 Å². The predicted octanol–water partition coefficient (Wildman–Crippen LogP) is 0.590. The highest BCUT2D eigenvalue weighted by molar-refractivity contribution is 5.93. The SMILES string of the molecule is [c]1ncccc1C1=NOCCO1. The Kier molecular flexibility index (Phi) is 1.90. The maximum absolute atomic E-state index is 5.22. The van der Waals surface area contributed by atoms with Crippen LogP contribution in [0.4, 0.5) is 0 Å². The van der Waals surface area contributed by atoms with E-state index in [9.17, 15) is 0 Å². The van der Waals surface area contributed by atoms with Gasteiger partial charge in [-0.25, -0.2) is 0 Å². The molecule has 1 aromatic heterocycles. The molecule has 4 nitrogen and oxygen atoms in total. The molecule has 61 valence electrons. The van der Waals surface area contributed by atoms with Crippen LogP contribution in [0, 0.1) is 6.20 Å². The molecule has 0 saturated heterocycles. The van der Waals surface area contributed by atoms with Crippen LogP contribution in [0.15, 0.2) is 23.5 Å². The van der Waals surface area contributed by atoms with Crippen LogP contribution in [-0.2, 0) is 9.57 Å². The first-order valence-corrected chi connectivity index (χ1v) is 3.62. The third-order valence-electron chi connectivity index (χ3n) is 1.40. The summed E-state index contributed by atoms with van der Waals surface area (Å²) < 4.78 is 5.22. The highest BCUT2D eigenvalue weighted by Gasteiger charge is 2.09. The van der Waals surface area contributed by atoms with Crippen molar-refractivity contribution in [1.29, 1.82) is 0 Å². The van der Waals surface area contributed by atoms with Crippen molar-refractivity contribution < 1.29 is 9.57 Å². The quantitative estimate of drug-likeness (QED) is 0.608. The average molecular weight is 163 g/mol. The lowest BCUT2D eigenvalue weighted by Crippen LogP contribution is -2.17. The summed E-state index contributed by atoms with van der Waals surface area (Å²) in [4.78, 5) is 8.67. The minimum Gasteiger partial charge on any atom is -0.471 e. The fourth-order valence-electron chi connectivity index (χ4n) is 0.879. The zero-order valence-electron chi connectivity index (χ0n) is 6.36. The molecular formula is C8H7N2O2. The van der Waals surface area contributed by atoms with Gasteiger partial charge in [0.2, 0.25) is 0 Å². The molecular weight excluding hydrogens is 156 g/mol. The zero-order chi connectivity index (χ0) is 8.23. The van der Waals surface area contributed by atoms with Crippen LogP contribution >= 0.6 is 0 Å². The zero-order valence-corrected chi connectivity index (χ0v) is 6.36. The maximum Gasteiger partial charge on any atom is 0.260 e. The van der Waals surface area contributed by atoms with Gasteiger partial charge in [0.05, 0.1) is 5.56 Å². The smallest absolute Gasteiger partial charge is 0.260 e. The molecule has 0 fully saturated rings. The van der Waals surface area contributed by atoms with E-state index in [0.29, 0.717) is 19.1 Å². The Morgan fingerprint density at radius 1 is 1.42 bits per heavy atom. The third-order valence-corrected chi connectivity index (χ3v) is 1.40. The van der Waals surface area contributed by atoms with E-state index in [4.69, 9.17) is 9.57 Å². The van der Waals surface area contributed by atoms with E-state index in [0.717, 1.165) is 5.56 Å². The van der Waals surface area contributed by atoms with Gasteiger partial charge in [0.1, 0.15) is 12.8 Å². The van der Waals surface area contributed by atoms with Crippen molar-refractivity contribution >= 4 is 5.90 Å². The van der Waals surface area contributed by atoms with Crippen molar-refractivity contribution in [3.05, 3.63) is 30.1 Å². The van der Waals surface area contributed by atoms with Crippen LogP contribution in [0.1, 0.15) is 5.56 Å². The van der Waals surface area contributed by atoms with Crippen LogP contribution in [0.3, 0.4) is 0 Å². The van der Waals surface area contributed by atoms with Crippen molar-refractivity contribution in [2.75, 3.05) is 13.2 Å². The Morgan fingerprint density at radius 2 is 2.42 bits per heavy atom. The van der Waals surface area contributed by atoms with Gasteiger partial charge in [-0.1, -0.05) is 0 Å². The second-order valence-electron chi connectivity index (χ2n) is 2.24. The first kappa shape index (κ1) is 7.09. The van der Waals surface area contributed by atoms with Gasteiger partial charge >= 0.3 is 0 Å². The molecule has 0 atom stereocenters. The van der Waals surface area contributed by atoms with Gasteiger partial charge in [-0.15, -0.1) is 0 Å². The molecule has 2 rings (SSSR count). The maximum atomic E-state index is 5.22. The Hall–Kier alpha value is -1.58. The second-order valence-corrected chi connectivity index (χ2v) is 2.24. The normalized spacial score (nSPS) is 15.8. The Morgan fingerprint density at radius 3 is 3.08 bits per heavy atom. The third kappa shape index (κ3) is 1.37. The van der Waals surface area contributed by atoms with Crippen LogP contribution in [0.2, 0.25) is 0 Å². The number of rotatable bonds is 1. The molecule has 4 heteroatoms. The predicted molar refractivity (Wildman–Crippen MR) is 41.5 cm³/mol. The molecule has 0 amide bonds. The largest absolute Gasteiger partial charge is 0.471 e. The van der Waals surface area contributed by atoms with Gasteiger partial charge in [-0.05, 0) is 17.3 Å². The van der Waals surface area contributed by atoms with Crippen molar-refractivity contribution in [1.82, 2.24) is 4.98 Å². The summed E-state index contributed by atoms with van der Waals surface area (Å²) >= 11 is 0. The van der Waals surface area contributed by atoms with E-state index >= 15 is 0 Å². The Balaban J connectivity index is 2.24. The summed E-state index contributed by atoms with van der Waals surface area (Å²) in [5.41, 5.74) is 0.720. The number of hydrogen-bond donors (Lipinski definition) is 0.